The molecule has 0 atom stereocenters. The maximum absolute atomic E-state index is 13.2. The van der Waals surface area contributed by atoms with Crippen molar-refractivity contribution in [1.82, 2.24) is 9.88 Å². The SMILES string of the molecule is CN(C)CCCN(C(=O)c1ccc(Br)cc1)c1nc(-c2ccc(Cl)cc2)cs1.Cl. The Morgan fingerprint density at radius 3 is 2.34 bits per heavy atom. The first-order valence-electron chi connectivity index (χ1n) is 8.87. The summed E-state index contributed by atoms with van der Waals surface area (Å²) in [5, 5.41) is 3.37. The van der Waals surface area contributed by atoms with Crippen LogP contribution in [-0.2, 0) is 0 Å². The molecule has 4 nitrogen and oxygen atoms in total. The lowest BCUT2D eigenvalue weighted by Crippen LogP contribution is -2.33. The Kier molecular flexibility index (Phi) is 9.11. The Hall–Kier alpha value is -1.44. The summed E-state index contributed by atoms with van der Waals surface area (Å²) in [6.45, 7) is 1.51. The molecule has 0 fully saturated rings. The van der Waals surface area contributed by atoms with E-state index in [-0.39, 0.29) is 18.3 Å². The third-order valence-electron chi connectivity index (χ3n) is 4.19. The van der Waals surface area contributed by atoms with Crippen molar-refractivity contribution in [3.63, 3.8) is 0 Å². The van der Waals surface area contributed by atoms with Crippen LogP contribution in [0.4, 0.5) is 5.13 Å². The Labute approximate surface area is 195 Å². The fourth-order valence-electron chi connectivity index (χ4n) is 2.72. The van der Waals surface area contributed by atoms with Crippen LogP contribution in [-0.4, -0.2) is 43.0 Å². The van der Waals surface area contributed by atoms with E-state index >= 15 is 0 Å². The number of nitrogens with zero attached hydrogens (tertiary/aromatic N) is 3. The topological polar surface area (TPSA) is 36.4 Å². The number of rotatable bonds is 7. The van der Waals surface area contributed by atoms with Gasteiger partial charge in [-0.3, -0.25) is 9.69 Å². The number of thiazole rings is 1. The van der Waals surface area contributed by atoms with Crippen molar-refractivity contribution in [2.75, 3.05) is 32.1 Å². The normalized spacial score (nSPS) is 10.7. The predicted octanol–water partition coefficient (Wildman–Crippen LogP) is 6.25. The minimum atomic E-state index is -0.0386. The Balaban J connectivity index is 0.00000300. The third-order valence-corrected chi connectivity index (χ3v) is 5.83. The summed E-state index contributed by atoms with van der Waals surface area (Å²) < 4.78 is 0.947. The van der Waals surface area contributed by atoms with E-state index in [1.54, 1.807) is 4.90 Å². The molecule has 0 N–H and O–H groups in total. The number of benzene rings is 2. The van der Waals surface area contributed by atoms with Gasteiger partial charge in [-0.05, 0) is 63.5 Å². The van der Waals surface area contributed by atoms with Crippen molar-refractivity contribution in [1.29, 1.82) is 0 Å². The van der Waals surface area contributed by atoms with Gasteiger partial charge in [-0.25, -0.2) is 4.98 Å². The second kappa shape index (κ2) is 11.1. The second-order valence-corrected chi connectivity index (χ2v) is 8.83. The molecule has 8 heteroatoms. The van der Waals surface area contributed by atoms with Crippen LogP contribution < -0.4 is 4.90 Å². The molecular weight excluding hydrogens is 493 g/mol. The fourth-order valence-corrected chi connectivity index (χ4v) is 3.97. The number of hydrogen-bond acceptors (Lipinski definition) is 4. The van der Waals surface area contributed by atoms with Gasteiger partial charge in [-0.15, -0.1) is 23.7 Å². The summed E-state index contributed by atoms with van der Waals surface area (Å²) in [5.41, 5.74) is 2.48. The van der Waals surface area contributed by atoms with Crippen LogP contribution in [0.15, 0.2) is 58.4 Å². The van der Waals surface area contributed by atoms with E-state index in [2.05, 4.69) is 20.8 Å². The van der Waals surface area contributed by atoms with Gasteiger partial charge >= 0.3 is 0 Å². The number of carbonyl (C=O) groups excluding carboxylic acids is 1. The highest BCUT2D eigenvalue weighted by molar-refractivity contribution is 9.10. The molecule has 154 valence electrons. The third kappa shape index (κ3) is 6.52. The van der Waals surface area contributed by atoms with Crippen molar-refractivity contribution in [2.24, 2.45) is 0 Å². The molecule has 29 heavy (non-hydrogen) atoms. The van der Waals surface area contributed by atoms with E-state index in [9.17, 15) is 4.79 Å². The quantitative estimate of drug-likeness (QED) is 0.374. The molecule has 1 heterocycles. The van der Waals surface area contributed by atoms with Gasteiger partial charge in [0.25, 0.3) is 5.91 Å². The minimum Gasteiger partial charge on any atom is -0.309 e. The molecule has 0 aliphatic rings. The van der Waals surface area contributed by atoms with Crippen LogP contribution >= 0.6 is 51.3 Å². The van der Waals surface area contributed by atoms with Crippen LogP contribution in [0.5, 0.6) is 0 Å². The first kappa shape index (κ1) is 23.8. The van der Waals surface area contributed by atoms with Crippen LogP contribution in [0, 0.1) is 0 Å². The molecule has 1 aromatic heterocycles. The van der Waals surface area contributed by atoms with Crippen LogP contribution in [0.1, 0.15) is 16.8 Å². The molecule has 0 saturated heterocycles. The average Bonchev–Trinajstić information content (AvgIpc) is 3.15. The Morgan fingerprint density at radius 2 is 1.72 bits per heavy atom. The second-order valence-electron chi connectivity index (χ2n) is 6.64. The molecule has 0 spiro atoms. The average molecular weight is 515 g/mol. The molecule has 0 bridgehead atoms. The summed E-state index contributed by atoms with van der Waals surface area (Å²) in [6.07, 6.45) is 0.866. The van der Waals surface area contributed by atoms with E-state index in [0.29, 0.717) is 22.3 Å². The molecule has 0 saturated carbocycles. The largest absolute Gasteiger partial charge is 0.309 e. The molecule has 2 aromatic carbocycles. The number of carbonyl (C=O) groups is 1. The van der Waals surface area contributed by atoms with Crippen LogP contribution in [0.25, 0.3) is 11.3 Å². The van der Waals surface area contributed by atoms with E-state index in [0.717, 1.165) is 28.7 Å². The van der Waals surface area contributed by atoms with Gasteiger partial charge in [0.2, 0.25) is 0 Å². The molecule has 0 radical (unpaired) electrons. The monoisotopic (exact) mass is 513 g/mol. The Morgan fingerprint density at radius 1 is 1.07 bits per heavy atom. The molecule has 0 aliphatic heterocycles. The maximum Gasteiger partial charge on any atom is 0.260 e. The zero-order chi connectivity index (χ0) is 20.1. The highest BCUT2D eigenvalue weighted by Gasteiger charge is 2.21. The predicted molar refractivity (Wildman–Crippen MR) is 129 cm³/mol. The smallest absolute Gasteiger partial charge is 0.260 e. The van der Waals surface area contributed by atoms with Crippen molar-refractivity contribution >= 4 is 62.3 Å². The first-order chi connectivity index (χ1) is 13.4. The zero-order valence-electron chi connectivity index (χ0n) is 16.1. The van der Waals surface area contributed by atoms with Gasteiger partial charge in [0.05, 0.1) is 5.69 Å². The maximum atomic E-state index is 13.2. The summed E-state index contributed by atoms with van der Waals surface area (Å²) in [5.74, 6) is -0.0386. The standard InChI is InChI=1S/C21H21BrClN3OS.ClH/c1-25(2)12-3-13-26(20(27)16-4-8-17(22)9-5-16)21-24-19(14-28-21)15-6-10-18(23)11-7-15;/h4-11,14H,3,12-13H2,1-2H3;1H. The van der Waals surface area contributed by atoms with Gasteiger partial charge in [-0.1, -0.05) is 39.7 Å². The van der Waals surface area contributed by atoms with Gasteiger partial charge in [0, 0.05) is 32.5 Å². The van der Waals surface area contributed by atoms with Crippen molar-refractivity contribution in [3.05, 3.63) is 69.0 Å². The fraction of sp³-hybridized carbons (Fsp3) is 0.238. The number of hydrogen-bond donors (Lipinski definition) is 0. The minimum absolute atomic E-state index is 0. The number of aromatic nitrogens is 1. The lowest BCUT2D eigenvalue weighted by molar-refractivity contribution is 0.0986. The molecule has 0 unspecified atom stereocenters. The Bertz CT molecular complexity index is 930. The zero-order valence-corrected chi connectivity index (χ0v) is 20.1. The summed E-state index contributed by atoms with van der Waals surface area (Å²) in [4.78, 5) is 21.8. The van der Waals surface area contributed by atoms with Crippen molar-refractivity contribution < 1.29 is 4.79 Å². The van der Waals surface area contributed by atoms with Crippen molar-refractivity contribution in [2.45, 2.75) is 6.42 Å². The van der Waals surface area contributed by atoms with Crippen molar-refractivity contribution in [3.8, 4) is 11.3 Å². The molecule has 0 aliphatic carbocycles. The molecule has 3 aromatic rings. The van der Waals surface area contributed by atoms with E-state index in [1.165, 1.54) is 11.3 Å². The lowest BCUT2D eigenvalue weighted by Gasteiger charge is -2.21. The van der Waals surface area contributed by atoms with E-state index < -0.39 is 0 Å². The molecular formula is C21H22BrCl2N3OS. The van der Waals surface area contributed by atoms with Crippen LogP contribution in [0.2, 0.25) is 5.02 Å². The first-order valence-corrected chi connectivity index (χ1v) is 10.9. The van der Waals surface area contributed by atoms with Gasteiger partial charge < -0.3 is 4.90 Å². The van der Waals surface area contributed by atoms with Gasteiger partial charge in [0.15, 0.2) is 5.13 Å². The highest BCUT2D eigenvalue weighted by Crippen LogP contribution is 2.29. The number of amides is 1. The van der Waals surface area contributed by atoms with Gasteiger partial charge in [0.1, 0.15) is 0 Å². The summed E-state index contributed by atoms with van der Waals surface area (Å²) >= 11 is 10.9. The molecule has 3 rings (SSSR count). The highest BCUT2D eigenvalue weighted by atomic mass is 79.9. The number of anilines is 1. The van der Waals surface area contributed by atoms with Crippen LogP contribution in [0.3, 0.4) is 0 Å². The van der Waals surface area contributed by atoms with Gasteiger partial charge in [-0.2, -0.15) is 0 Å². The van der Waals surface area contributed by atoms with E-state index in [4.69, 9.17) is 16.6 Å². The van der Waals surface area contributed by atoms with E-state index in [1.807, 2.05) is 68.0 Å². The lowest BCUT2D eigenvalue weighted by atomic mass is 10.2. The molecule has 1 amide bonds. The summed E-state index contributed by atoms with van der Waals surface area (Å²) in [7, 11) is 4.06. The summed E-state index contributed by atoms with van der Waals surface area (Å²) in [6, 6.07) is 15.0. The number of halogens is 3.